The van der Waals surface area contributed by atoms with Gasteiger partial charge in [-0.25, -0.2) is 4.98 Å². The summed E-state index contributed by atoms with van der Waals surface area (Å²) in [5.41, 5.74) is 5.03. The molecule has 0 bridgehead atoms. The van der Waals surface area contributed by atoms with Crippen LogP contribution in [0.1, 0.15) is 16.7 Å². The number of aryl methyl sites for hydroxylation is 2. The van der Waals surface area contributed by atoms with Crippen molar-refractivity contribution in [1.29, 1.82) is 0 Å². The lowest BCUT2D eigenvalue weighted by Gasteiger charge is -2.21. The minimum Gasteiger partial charge on any atom is -0.373 e. The first-order valence-corrected chi connectivity index (χ1v) is 6.51. The van der Waals surface area contributed by atoms with Crippen LogP contribution < -0.4 is 10.2 Å². The zero-order chi connectivity index (χ0) is 13.8. The molecule has 100 valence electrons. The topological polar surface area (TPSA) is 28.2 Å². The van der Waals surface area contributed by atoms with Gasteiger partial charge < -0.3 is 10.2 Å². The lowest BCUT2D eigenvalue weighted by atomic mass is 10.1. The van der Waals surface area contributed by atoms with Crippen molar-refractivity contribution >= 4 is 11.5 Å². The summed E-state index contributed by atoms with van der Waals surface area (Å²) in [6.45, 7) is 5.10. The number of hydrogen-bond acceptors (Lipinski definition) is 3. The molecule has 0 spiro atoms. The molecule has 0 fully saturated rings. The quantitative estimate of drug-likeness (QED) is 0.907. The van der Waals surface area contributed by atoms with E-state index in [1.165, 1.54) is 22.4 Å². The van der Waals surface area contributed by atoms with Crippen LogP contribution in [0.3, 0.4) is 0 Å². The summed E-state index contributed by atoms with van der Waals surface area (Å²) in [5, 5.41) is 3.14. The maximum atomic E-state index is 4.34. The molecule has 0 aliphatic rings. The van der Waals surface area contributed by atoms with Crippen molar-refractivity contribution in [2.24, 2.45) is 0 Å². The van der Waals surface area contributed by atoms with Gasteiger partial charge in [-0.2, -0.15) is 0 Å². The third-order valence-corrected chi connectivity index (χ3v) is 3.18. The molecule has 0 atom stereocenters. The zero-order valence-electron chi connectivity index (χ0n) is 12.1. The molecule has 1 aromatic heterocycles. The number of rotatable bonds is 4. The summed E-state index contributed by atoms with van der Waals surface area (Å²) >= 11 is 0. The molecular formula is C16H21N3. The maximum Gasteiger partial charge on any atom is 0.130 e. The van der Waals surface area contributed by atoms with E-state index in [2.05, 4.69) is 60.4 Å². The van der Waals surface area contributed by atoms with Gasteiger partial charge in [-0.15, -0.1) is 0 Å². The van der Waals surface area contributed by atoms with Crippen LogP contribution in [0, 0.1) is 13.8 Å². The van der Waals surface area contributed by atoms with Gasteiger partial charge in [0.1, 0.15) is 5.82 Å². The highest BCUT2D eigenvalue weighted by atomic mass is 15.1. The molecule has 0 saturated heterocycles. The molecule has 3 heteroatoms. The summed E-state index contributed by atoms with van der Waals surface area (Å²) in [6.07, 6.45) is 1.81. The Morgan fingerprint density at radius 1 is 1.16 bits per heavy atom. The molecule has 1 aromatic carbocycles. The Labute approximate surface area is 115 Å². The van der Waals surface area contributed by atoms with Crippen LogP contribution in [0.15, 0.2) is 36.5 Å². The Kier molecular flexibility index (Phi) is 4.05. The van der Waals surface area contributed by atoms with Gasteiger partial charge in [0.2, 0.25) is 0 Å². The molecule has 0 aliphatic heterocycles. The zero-order valence-corrected chi connectivity index (χ0v) is 12.1. The SMILES string of the molecule is CNc1ncccc1CN(C)c1cc(C)cc(C)c1. The van der Waals surface area contributed by atoms with Crippen molar-refractivity contribution in [2.75, 3.05) is 24.3 Å². The molecular weight excluding hydrogens is 234 g/mol. The third kappa shape index (κ3) is 3.25. The van der Waals surface area contributed by atoms with Crippen molar-refractivity contribution in [3.8, 4) is 0 Å². The molecule has 0 saturated carbocycles. The van der Waals surface area contributed by atoms with Gasteiger partial charge in [0.05, 0.1) is 0 Å². The summed E-state index contributed by atoms with van der Waals surface area (Å²) in [5.74, 6) is 0.943. The molecule has 0 unspecified atom stereocenters. The number of pyridine rings is 1. The smallest absolute Gasteiger partial charge is 0.130 e. The second-order valence-corrected chi connectivity index (χ2v) is 4.96. The Bertz CT molecular complexity index is 543. The predicted molar refractivity (Wildman–Crippen MR) is 81.8 cm³/mol. The second-order valence-electron chi connectivity index (χ2n) is 4.96. The van der Waals surface area contributed by atoms with E-state index in [0.717, 1.165) is 12.4 Å². The molecule has 2 aromatic rings. The standard InChI is InChI=1S/C16H21N3/c1-12-8-13(2)10-15(9-12)19(4)11-14-6-5-7-18-16(14)17-3/h5-10H,11H2,1-4H3,(H,17,18). The average Bonchev–Trinajstić information content (AvgIpc) is 2.38. The Hall–Kier alpha value is -2.03. The molecule has 1 heterocycles. The van der Waals surface area contributed by atoms with E-state index in [0.29, 0.717) is 0 Å². The summed E-state index contributed by atoms with van der Waals surface area (Å²) in [7, 11) is 4.02. The van der Waals surface area contributed by atoms with Gasteiger partial charge >= 0.3 is 0 Å². The van der Waals surface area contributed by atoms with E-state index in [4.69, 9.17) is 0 Å². The summed E-state index contributed by atoms with van der Waals surface area (Å²) < 4.78 is 0. The number of hydrogen-bond donors (Lipinski definition) is 1. The highest BCUT2D eigenvalue weighted by Crippen LogP contribution is 2.21. The molecule has 3 nitrogen and oxygen atoms in total. The van der Waals surface area contributed by atoms with E-state index in [1.54, 1.807) is 0 Å². The fourth-order valence-electron chi connectivity index (χ4n) is 2.31. The van der Waals surface area contributed by atoms with Crippen LogP contribution in [0.2, 0.25) is 0 Å². The molecule has 0 amide bonds. The first-order chi connectivity index (χ1) is 9.10. The average molecular weight is 255 g/mol. The van der Waals surface area contributed by atoms with Crippen LogP contribution in [0.25, 0.3) is 0 Å². The summed E-state index contributed by atoms with van der Waals surface area (Å²) in [6, 6.07) is 10.7. The van der Waals surface area contributed by atoms with Crippen molar-refractivity contribution < 1.29 is 0 Å². The second kappa shape index (κ2) is 5.74. The molecule has 0 aliphatic carbocycles. The number of nitrogens with zero attached hydrogens (tertiary/aromatic N) is 2. The Balaban J connectivity index is 2.22. The predicted octanol–water partition coefficient (Wildman–Crippen LogP) is 3.38. The normalized spacial score (nSPS) is 10.3. The van der Waals surface area contributed by atoms with E-state index in [1.807, 2.05) is 19.3 Å². The first kappa shape index (κ1) is 13.4. The Morgan fingerprint density at radius 3 is 2.47 bits per heavy atom. The van der Waals surface area contributed by atoms with Gasteiger partial charge in [0, 0.05) is 38.1 Å². The van der Waals surface area contributed by atoms with Gasteiger partial charge in [-0.1, -0.05) is 12.1 Å². The Morgan fingerprint density at radius 2 is 1.84 bits per heavy atom. The van der Waals surface area contributed by atoms with Crippen molar-refractivity contribution in [1.82, 2.24) is 4.98 Å². The largest absolute Gasteiger partial charge is 0.373 e. The first-order valence-electron chi connectivity index (χ1n) is 6.51. The van der Waals surface area contributed by atoms with Gasteiger partial charge in [-0.05, 0) is 43.2 Å². The van der Waals surface area contributed by atoms with Gasteiger partial charge in [-0.3, -0.25) is 0 Å². The fraction of sp³-hybridized carbons (Fsp3) is 0.312. The summed E-state index contributed by atoms with van der Waals surface area (Å²) in [4.78, 5) is 6.59. The van der Waals surface area contributed by atoms with E-state index >= 15 is 0 Å². The van der Waals surface area contributed by atoms with Gasteiger partial charge in [0.25, 0.3) is 0 Å². The van der Waals surface area contributed by atoms with Crippen molar-refractivity contribution in [2.45, 2.75) is 20.4 Å². The van der Waals surface area contributed by atoms with Crippen molar-refractivity contribution in [3.63, 3.8) is 0 Å². The van der Waals surface area contributed by atoms with E-state index in [9.17, 15) is 0 Å². The molecule has 1 N–H and O–H groups in total. The fourth-order valence-corrected chi connectivity index (χ4v) is 2.31. The molecule has 19 heavy (non-hydrogen) atoms. The minimum atomic E-state index is 0.840. The number of anilines is 2. The third-order valence-electron chi connectivity index (χ3n) is 3.18. The minimum absolute atomic E-state index is 0.840. The van der Waals surface area contributed by atoms with Crippen LogP contribution in [0.4, 0.5) is 11.5 Å². The number of benzene rings is 1. The van der Waals surface area contributed by atoms with Crippen LogP contribution in [0.5, 0.6) is 0 Å². The lowest BCUT2D eigenvalue weighted by Crippen LogP contribution is -2.17. The van der Waals surface area contributed by atoms with Crippen LogP contribution in [-0.4, -0.2) is 19.1 Å². The highest BCUT2D eigenvalue weighted by molar-refractivity contribution is 5.53. The lowest BCUT2D eigenvalue weighted by molar-refractivity contribution is 0.914. The van der Waals surface area contributed by atoms with E-state index < -0.39 is 0 Å². The van der Waals surface area contributed by atoms with E-state index in [-0.39, 0.29) is 0 Å². The number of aromatic nitrogens is 1. The number of nitrogens with one attached hydrogen (secondary N) is 1. The van der Waals surface area contributed by atoms with Gasteiger partial charge in [0.15, 0.2) is 0 Å². The monoisotopic (exact) mass is 255 g/mol. The van der Waals surface area contributed by atoms with Crippen LogP contribution >= 0.6 is 0 Å². The maximum absolute atomic E-state index is 4.34. The highest BCUT2D eigenvalue weighted by Gasteiger charge is 2.07. The van der Waals surface area contributed by atoms with Crippen molar-refractivity contribution in [3.05, 3.63) is 53.2 Å². The molecule has 0 radical (unpaired) electrons. The molecule has 2 rings (SSSR count). The van der Waals surface area contributed by atoms with Crippen LogP contribution in [-0.2, 0) is 6.54 Å².